The van der Waals surface area contributed by atoms with Gasteiger partial charge in [-0.05, 0) is 29.1 Å². The molecule has 0 amide bonds. The van der Waals surface area contributed by atoms with Crippen LogP contribution in [0.5, 0.6) is 0 Å². The van der Waals surface area contributed by atoms with E-state index in [1.807, 2.05) is 0 Å². The smallest absolute Gasteiger partial charge is 0.0837 e. The zero-order chi connectivity index (χ0) is 8.67. The first-order chi connectivity index (χ1) is 6.43. The Morgan fingerprint density at radius 2 is 2.38 bits per heavy atom. The van der Waals surface area contributed by atoms with Gasteiger partial charge < -0.3 is 4.90 Å². The van der Waals surface area contributed by atoms with Crippen LogP contribution in [0.1, 0.15) is 6.42 Å². The van der Waals surface area contributed by atoms with Crippen LogP contribution in [0.25, 0.3) is 0 Å². The largest absolute Gasteiger partial charge is 0.317 e. The highest BCUT2D eigenvalue weighted by Gasteiger charge is 2.18. The van der Waals surface area contributed by atoms with Gasteiger partial charge >= 0.3 is 0 Å². The van der Waals surface area contributed by atoms with Crippen molar-refractivity contribution in [3.8, 4) is 0 Å². The molecule has 0 saturated carbocycles. The van der Waals surface area contributed by atoms with Crippen LogP contribution < -0.4 is 0 Å². The molecule has 0 spiro atoms. The summed E-state index contributed by atoms with van der Waals surface area (Å²) in [7, 11) is 0. The fourth-order valence-electron chi connectivity index (χ4n) is 1.68. The molecule has 0 fully saturated rings. The Hall–Kier alpha value is -1.15. The summed E-state index contributed by atoms with van der Waals surface area (Å²) in [5.41, 5.74) is 2.78. The topological polar surface area (TPSA) is 3.24 Å². The van der Waals surface area contributed by atoms with E-state index in [4.69, 9.17) is 0 Å². The fourth-order valence-corrected chi connectivity index (χ4v) is 2.44. The van der Waals surface area contributed by atoms with Crippen LogP contribution in [0.3, 0.4) is 0 Å². The summed E-state index contributed by atoms with van der Waals surface area (Å²) < 4.78 is 0. The van der Waals surface area contributed by atoms with E-state index in [-0.39, 0.29) is 0 Å². The quantitative estimate of drug-likeness (QED) is 0.573. The van der Waals surface area contributed by atoms with Gasteiger partial charge in [-0.3, -0.25) is 0 Å². The van der Waals surface area contributed by atoms with Crippen molar-refractivity contribution >= 4 is 11.8 Å². The molecular formula is C11H9NS. The zero-order valence-electron chi connectivity index (χ0n) is 7.10. The van der Waals surface area contributed by atoms with Crippen LogP contribution in [0, 0.1) is 0 Å². The highest BCUT2D eigenvalue weighted by atomic mass is 32.2. The molecule has 0 aromatic carbocycles. The van der Waals surface area contributed by atoms with Crippen molar-refractivity contribution in [3.05, 3.63) is 58.3 Å². The highest BCUT2D eigenvalue weighted by molar-refractivity contribution is 8.06. The third-order valence-electron chi connectivity index (χ3n) is 2.36. The van der Waals surface area contributed by atoms with Crippen molar-refractivity contribution in [2.75, 3.05) is 0 Å². The molecule has 1 nitrogen and oxygen atoms in total. The van der Waals surface area contributed by atoms with Gasteiger partial charge in [-0.15, -0.1) is 0 Å². The van der Waals surface area contributed by atoms with Crippen molar-refractivity contribution in [2.24, 2.45) is 0 Å². The minimum Gasteiger partial charge on any atom is -0.317 e. The van der Waals surface area contributed by atoms with Gasteiger partial charge in [0, 0.05) is 12.4 Å². The normalized spacial score (nSPS) is 23.4. The van der Waals surface area contributed by atoms with E-state index in [1.54, 1.807) is 11.8 Å². The minimum atomic E-state index is 1.06. The number of thioether (sulfide) groups is 1. The SMILES string of the molecule is C1=CCC2=CN3C=CSC3=CC2=C1. The lowest BCUT2D eigenvalue weighted by Gasteiger charge is -2.22. The summed E-state index contributed by atoms with van der Waals surface area (Å²) in [6, 6.07) is 0. The summed E-state index contributed by atoms with van der Waals surface area (Å²) in [5.74, 6) is 0. The van der Waals surface area contributed by atoms with Crippen LogP contribution >= 0.6 is 11.8 Å². The lowest BCUT2D eigenvalue weighted by atomic mass is 9.97. The average molecular weight is 187 g/mol. The first kappa shape index (κ1) is 7.27. The fraction of sp³-hybridized carbons (Fsp3) is 0.0909. The Bertz CT molecular complexity index is 396. The number of fused-ring (bicyclic) bond motifs is 2. The Labute approximate surface area is 81.8 Å². The van der Waals surface area contributed by atoms with Gasteiger partial charge in [-0.2, -0.15) is 0 Å². The summed E-state index contributed by atoms with van der Waals surface area (Å²) in [6.07, 6.45) is 14.2. The predicted octanol–water partition coefficient (Wildman–Crippen LogP) is 3.13. The van der Waals surface area contributed by atoms with Gasteiger partial charge in [0.25, 0.3) is 0 Å². The van der Waals surface area contributed by atoms with Crippen molar-refractivity contribution in [3.63, 3.8) is 0 Å². The molecule has 0 bridgehead atoms. The zero-order valence-corrected chi connectivity index (χ0v) is 7.92. The molecule has 64 valence electrons. The Kier molecular flexibility index (Phi) is 1.49. The molecular weight excluding hydrogens is 178 g/mol. The summed E-state index contributed by atoms with van der Waals surface area (Å²) in [6.45, 7) is 0. The molecule has 2 heterocycles. The Morgan fingerprint density at radius 1 is 1.38 bits per heavy atom. The van der Waals surface area contributed by atoms with E-state index in [1.165, 1.54) is 16.2 Å². The molecule has 0 aromatic rings. The van der Waals surface area contributed by atoms with Gasteiger partial charge in [-0.1, -0.05) is 30.0 Å². The molecule has 3 aliphatic rings. The van der Waals surface area contributed by atoms with Crippen molar-refractivity contribution in [1.82, 2.24) is 4.90 Å². The van der Waals surface area contributed by atoms with Crippen molar-refractivity contribution in [2.45, 2.75) is 6.42 Å². The highest BCUT2D eigenvalue weighted by Crippen LogP contribution is 2.37. The standard InChI is InChI=1S/C11H9NS/c1-2-4-10-8-12-5-6-13-11(12)7-9(10)3-1/h1-3,5-8H,4H2. The predicted molar refractivity (Wildman–Crippen MR) is 56.6 cm³/mol. The van der Waals surface area contributed by atoms with Gasteiger partial charge in [0.2, 0.25) is 0 Å². The third kappa shape index (κ3) is 1.10. The van der Waals surface area contributed by atoms with E-state index in [0.717, 1.165) is 6.42 Å². The Balaban J connectivity index is 2.08. The molecule has 0 saturated heterocycles. The maximum atomic E-state index is 2.25. The van der Waals surface area contributed by atoms with Gasteiger partial charge in [0.15, 0.2) is 0 Å². The number of nitrogens with zero attached hydrogens (tertiary/aromatic N) is 1. The van der Waals surface area contributed by atoms with Crippen molar-refractivity contribution in [1.29, 1.82) is 0 Å². The molecule has 0 N–H and O–H groups in total. The number of rotatable bonds is 0. The average Bonchev–Trinajstić information content (AvgIpc) is 2.61. The lowest BCUT2D eigenvalue weighted by Crippen LogP contribution is -2.10. The first-order valence-electron chi connectivity index (χ1n) is 4.35. The second-order valence-corrected chi connectivity index (χ2v) is 4.13. The van der Waals surface area contributed by atoms with Crippen LogP contribution in [-0.4, -0.2) is 4.90 Å². The second-order valence-electron chi connectivity index (χ2n) is 3.20. The van der Waals surface area contributed by atoms with E-state index in [0.29, 0.717) is 0 Å². The van der Waals surface area contributed by atoms with E-state index < -0.39 is 0 Å². The number of allylic oxidation sites excluding steroid dienone is 6. The van der Waals surface area contributed by atoms with Gasteiger partial charge in [0.05, 0.1) is 5.03 Å². The van der Waals surface area contributed by atoms with Crippen molar-refractivity contribution < 1.29 is 0 Å². The molecule has 2 heteroatoms. The van der Waals surface area contributed by atoms with E-state index in [9.17, 15) is 0 Å². The monoisotopic (exact) mass is 187 g/mol. The Morgan fingerprint density at radius 3 is 3.38 bits per heavy atom. The lowest BCUT2D eigenvalue weighted by molar-refractivity contribution is 0.667. The van der Waals surface area contributed by atoms with E-state index in [2.05, 4.69) is 47.0 Å². The first-order valence-corrected chi connectivity index (χ1v) is 5.23. The molecule has 13 heavy (non-hydrogen) atoms. The van der Waals surface area contributed by atoms with Crippen LogP contribution in [0.2, 0.25) is 0 Å². The van der Waals surface area contributed by atoms with Gasteiger partial charge in [-0.25, -0.2) is 0 Å². The summed E-state index contributed by atoms with van der Waals surface area (Å²) >= 11 is 1.78. The summed E-state index contributed by atoms with van der Waals surface area (Å²) in [5, 5.41) is 3.43. The van der Waals surface area contributed by atoms with E-state index >= 15 is 0 Å². The maximum absolute atomic E-state index is 2.25. The second kappa shape index (κ2) is 2.67. The maximum Gasteiger partial charge on any atom is 0.0837 e. The third-order valence-corrected chi connectivity index (χ3v) is 3.19. The minimum absolute atomic E-state index is 1.06. The molecule has 3 rings (SSSR count). The van der Waals surface area contributed by atoms with Crippen LogP contribution in [-0.2, 0) is 0 Å². The molecule has 1 aliphatic carbocycles. The van der Waals surface area contributed by atoms with Crippen LogP contribution in [0.15, 0.2) is 58.3 Å². The molecule has 0 unspecified atom stereocenters. The molecule has 0 radical (unpaired) electrons. The molecule has 2 aliphatic heterocycles. The number of hydrogen-bond donors (Lipinski definition) is 0. The number of hydrogen-bond acceptors (Lipinski definition) is 2. The van der Waals surface area contributed by atoms with Gasteiger partial charge in [0.1, 0.15) is 0 Å². The molecule has 0 atom stereocenters. The summed E-state index contributed by atoms with van der Waals surface area (Å²) in [4.78, 5) is 2.19. The molecule has 0 aromatic heterocycles. The van der Waals surface area contributed by atoms with Crippen LogP contribution in [0.4, 0.5) is 0 Å².